The lowest BCUT2D eigenvalue weighted by Crippen LogP contribution is -2.47. The Morgan fingerprint density at radius 2 is 1.87 bits per heavy atom. The number of piperidine rings is 1. The lowest BCUT2D eigenvalue weighted by molar-refractivity contribution is -0.384. The summed E-state index contributed by atoms with van der Waals surface area (Å²) in [4.78, 5) is 12.8. The van der Waals surface area contributed by atoms with Crippen LogP contribution >= 0.6 is 0 Å². The van der Waals surface area contributed by atoms with Crippen molar-refractivity contribution in [3.63, 3.8) is 0 Å². The highest BCUT2D eigenvalue weighted by Gasteiger charge is 2.36. The van der Waals surface area contributed by atoms with E-state index in [0.717, 1.165) is 38.0 Å². The van der Waals surface area contributed by atoms with Gasteiger partial charge in [-0.1, -0.05) is 0 Å². The third-order valence-corrected chi connectivity index (χ3v) is 6.06. The minimum absolute atomic E-state index is 0.0215. The van der Waals surface area contributed by atoms with Gasteiger partial charge >= 0.3 is 0 Å². The molecule has 1 N–H and O–H groups in total. The van der Waals surface area contributed by atoms with Crippen molar-refractivity contribution in [2.45, 2.75) is 48.7 Å². The molecule has 1 aromatic rings. The summed E-state index contributed by atoms with van der Waals surface area (Å²) in [5.74, 6) is 0. The second-order valence-electron chi connectivity index (χ2n) is 6.55. The average Bonchev–Trinajstić information content (AvgIpc) is 2.83. The first-order chi connectivity index (χ1) is 10.8. The van der Waals surface area contributed by atoms with Crippen molar-refractivity contribution in [1.82, 2.24) is 5.32 Å². The van der Waals surface area contributed by atoms with Gasteiger partial charge in [-0.3, -0.25) is 10.1 Å². The largest absolute Gasteiger partial charge is 0.366 e. The number of anilines is 1. The van der Waals surface area contributed by atoms with Crippen LogP contribution in [0.15, 0.2) is 23.1 Å². The van der Waals surface area contributed by atoms with Gasteiger partial charge in [-0.2, -0.15) is 0 Å². The molecule has 2 saturated heterocycles. The molecular weight excluding hydrogens is 318 g/mol. The Hall–Kier alpha value is -1.67. The van der Waals surface area contributed by atoms with Crippen LogP contribution in [0.3, 0.4) is 0 Å². The first-order valence-corrected chi connectivity index (χ1v) is 9.62. The predicted octanol–water partition coefficient (Wildman–Crippen LogP) is 1.72. The van der Waals surface area contributed by atoms with E-state index in [1.807, 2.05) is 11.9 Å². The predicted molar refractivity (Wildman–Crippen MR) is 87.6 cm³/mol. The number of nitrogens with one attached hydrogen (secondary N) is 1. The van der Waals surface area contributed by atoms with Crippen LogP contribution in [0, 0.1) is 10.1 Å². The van der Waals surface area contributed by atoms with Crippen molar-refractivity contribution < 1.29 is 13.3 Å². The molecule has 0 spiro atoms. The fourth-order valence-electron chi connectivity index (χ4n) is 3.72. The van der Waals surface area contributed by atoms with E-state index in [0.29, 0.717) is 17.8 Å². The van der Waals surface area contributed by atoms with Crippen LogP contribution in [0.1, 0.15) is 25.7 Å². The van der Waals surface area contributed by atoms with E-state index in [9.17, 15) is 18.5 Å². The first kappa shape index (κ1) is 16.2. The van der Waals surface area contributed by atoms with Gasteiger partial charge in [0, 0.05) is 37.5 Å². The van der Waals surface area contributed by atoms with Crippen LogP contribution < -0.4 is 10.2 Å². The summed E-state index contributed by atoms with van der Waals surface area (Å²) in [6.07, 6.45) is 5.28. The van der Waals surface area contributed by atoms with Crippen molar-refractivity contribution in [2.24, 2.45) is 0 Å². The Morgan fingerprint density at radius 1 is 1.26 bits per heavy atom. The number of hydrogen-bond acceptors (Lipinski definition) is 6. The zero-order valence-corrected chi connectivity index (χ0v) is 14.0. The molecule has 126 valence electrons. The van der Waals surface area contributed by atoms with Crippen LogP contribution in [0.4, 0.5) is 11.4 Å². The van der Waals surface area contributed by atoms with E-state index in [4.69, 9.17) is 0 Å². The maximum absolute atomic E-state index is 11.6. The van der Waals surface area contributed by atoms with Crippen molar-refractivity contribution in [1.29, 1.82) is 0 Å². The molecule has 0 amide bonds. The van der Waals surface area contributed by atoms with Gasteiger partial charge in [-0.15, -0.1) is 0 Å². The molecule has 2 aliphatic heterocycles. The molecule has 8 heteroatoms. The second-order valence-corrected chi connectivity index (χ2v) is 8.57. The van der Waals surface area contributed by atoms with Crippen LogP contribution in [-0.4, -0.2) is 44.8 Å². The Labute approximate surface area is 135 Å². The van der Waals surface area contributed by atoms with Gasteiger partial charge in [0.1, 0.15) is 5.69 Å². The lowest BCUT2D eigenvalue weighted by atomic mass is 9.98. The van der Waals surface area contributed by atoms with E-state index in [-0.39, 0.29) is 16.6 Å². The quantitative estimate of drug-likeness (QED) is 0.663. The van der Waals surface area contributed by atoms with E-state index in [2.05, 4.69) is 5.32 Å². The van der Waals surface area contributed by atoms with E-state index >= 15 is 0 Å². The van der Waals surface area contributed by atoms with Crippen molar-refractivity contribution >= 4 is 21.2 Å². The minimum atomic E-state index is -3.47. The van der Waals surface area contributed by atoms with Gasteiger partial charge in [-0.25, -0.2) is 8.42 Å². The van der Waals surface area contributed by atoms with Gasteiger partial charge in [0.15, 0.2) is 9.84 Å². The van der Waals surface area contributed by atoms with Gasteiger partial charge in [0.2, 0.25) is 0 Å². The summed E-state index contributed by atoms with van der Waals surface area (Å²) in [7, 11) is -1.61. The fraction of sp³-hybridized carbons (Fsp3) is 0.600. The van der Waals surface area contributed by atoms with Crippen molar-refractivity contribution in [3.8, 4) is 0 Å². The number of sulfone groups is 1. The molecule has 2 bridgehead atoms. The topological polar surface area (TPSA) is 92.5 Å². The van der Waals surface area contributed by atoms with Crippen LogP contribution in [0.5, 0.6) is 0 Å². The molecule has 0 saturated carbocycles. The van der Waals surface area contributed by atoms with E-state index < -0.39 is 14.8 Å². The summed E-state index contributed by atoms with van der Waals surface area (Å²) in [6, 6.07) is 5.36. The minimum Gasteiger partial charge on any atom is -0.366 e. The maximum Gasteiger partial charge on any atom is 0.293 e. The summed E-state index contributed by atoms with van der Waals surface area (Å²) in [5, 5.41) is 15.0. The number of hydrogen-bond donors (Lipinski definition) is 1. The van der Waals surface area contributed by atoms with Crippen LogP contribution in [-0.2, 0) is 9.84 Å². The number of nitrogens with zero attached hydrogens (tertiary/aromatic N) is 2. The third kappa shape index (κ3) is 3.18. The highest BCUT2D eigenvalue weighted by Crippen LogP contribution is 2.36. The van der Waals surface area contributed by atoms with E-state index in [1.165, 1.54) is 6.07 Å². The zero-order valence-electron chi connectivity index (χ0n) is 13.2. The zero-order chi connectivity index (χ0) is 16.8. The number of rotatable bonds is 4. The molecule has 1 aromatic carbocycles. The van der Waals surface area contributed by atoms with Crippen molar-refractivity contribution in [2.75, 3.05) is 18.2 Å². The van der Waals surface area contributed by atoms with Crippen molar-refractivity contribution in [3.05, 3.63) is 28.3 Å². The van der Waals surface area contributed by atoms with Gasteiger partial charge in [-0.05, 0) is 37.8 Å². The maximum atomic E-state index is 11.6. The van der Waals surface area contributed by atoms with Gasteiger partial charge in [0.05, 0.1) is 9.82 Å². The molecule has 7 nitrogen and oxygen atoms in total. The summed E-state index contributed by atoms with van der Waals surface area (Å²) in [5.41, 5.74) is 0.329. The summed E-state index contributed by atoms with van der Waals surface area (Å²) >= 11 is 0. The molecule has 2 aliphatic rings. The Morgan fingerprint density at radius 3 is 2.39 bits per heavy atom. The van der Waals surface area contributed by atoms with E-state index in [1.54, 1.807) is 6.07 Å². The van der Waals surface area contributed by atoms with Crippen LogP contribution in [0.2, 0.25) is 0 Å². The molecule has 3 rings (SSSR count). The first-order valence-electron chi connectivity index (χ1n) is 7.73. The van der Waals surface area contributed by atoms with Gasteiger partial charge < -0.3 is 10.2 Å². The number of fused-ring (bicyclic) bond motifs is 2. The standard InChI is InChI=1S/C15H21N3O4S/c1-17(12-7-10-3-4-11(8-12)16-10)14-6-5-13(23(2,21)22)9-15(14)18(19)20/h5-6,9-12,16H,3-4,7-8H2,1-2H3. The Kier molecular flexibility index (Phi) is 4.05. The monoisotopic (exact) mass is 339 g/mol. The molecule has 23 heavy (non-hydrogen) atoms. The average molecular weight is 339 g/mol. The Bertz CT molecular complexity index is 722. The Balaban J connectivity index is 1.93. The second kappa shape index (κ2) is 5.76. The van der Waals surface area contributed by atoms with Gasteiger partial charge in [0.25, 0.3) is 5.69 Å². The number of benzene rings is 1. The number of nitro groups is 1. The lowest BCUT2D eigenvalue weighted by Gasteiger charge is -2.36. The summed E-state index contributed by atoms with van der Waals surface area (Å²) < 4.78 is 23.3. The molecule has 2 unspecified atom stereocenters. The normalized spacial score (nSPS) is 27.0. The highest BCUT2D eigenvalue weighted by atomic mass is 32.2. The molecule has 2 atom stereocenters. The smallest absolute Gasteiger partial charge is 0.293 e. The van der Waals surface area contributed by atoms with Crippen LogP contribution in [0.25, 0.3) is 0 Å². The highest BCUT2D eigenvalue weighted by molar-refractivity contribution is 7.90. The molecule has 0 aliphatic carbocycles. The molecule has 0 aromatic heterocycles. The number of nitro benzene ring substituents is 1. The molecule has 2 heterocycles. The SMILES string of the molecule is CN(c1ccc(S(C)(=O)=O)cc1[N+](=O)[O-])C1CC2CCC(C1)N2. The summed E-state index contributed by atoms with van der Waals surface area (Å²) in [6.45, 7) is 0. The molecule has 2 fully saturated rings. The fourth-order valence-corrected chi connectivity index (χ4v) is 4.36. The third-order valence-electron chi connectivity index (χ3n) is 4.95. The molecular formula is C15H21N3O4S. The molecule has 0 radical (unpaired) electrons.